The number of ether oxygens (including phenoxy) is 1. The number of amides is 1. The van der Waals surface area contributed by atoms with Crippen LogP contribution in [0, 0.1) is 0 Å². The molecule has 1 fully saturated rings. The molecule has 1 N–H and O–H groups in total. The van der Waals surface area contributed by atoms with Gasteiger partial charge in [0.05, 0.1) is 17.0 Å². The number of methoxy groups -OCH3 is 1. The molecule has 9 heteroatoms. The number of halogens is 1. The summed E-state index contributed by atoms with van der Waals surface area (Å²) in [5.41, 5.74) is 0.741. The lowest BCUT2D eigenvalue weighted by Crippen LogP contribution is -2.47. The van der Waals surface area contributed by atoms with Crippen LogP contribution in [0.5, 0.6) is 5.75 Å². The maximum atomic E-state index is 12.9. The molecule has 7 nitrogen and oxygen atoms in total. The van der Waals surface area contributed by atoms with Gasteiger partial charge in [-0.25, -0.2) is 8.42 Å². The molecule has 0 spiro atoms. The van der Waals surface area contributed by atoms with Crippen LogP contribution in [0.25, 0.3) is 0 Å². The van der Waals surface area contributed by atoms with Gasteiger partial charge >= 0.3 is 0 Å². The molecule has 0 unspecified atom stereocenters. The molecule has 1 saturated heterocycles. The van der Waals surface area contributed by atoms with Crippen LogP contribution in [-0.2, 0) is 10.0 Å². The van der Waals surface area contributed by atoms with Gasteiger partial charge in [0.1, 0.15) is 5.75 Å². The third-order valence-electron chi connectivity index (χ3n) is 4.61. The van der Waals surface area contributed by atoms with Crippen molar-refractivity contribution >= 4 is 33.2 Å². The van der Waals surface area contributed by atoms with Crippen molar-refractivity contribution in [2.45, 2.75) is 4.90 Å². The molecule has 2 aromatic rings. The number of nitrogens with one attached hydrogen (secondary N) is 1. The summed E-state index contributed by atoms with van der Waals surface area (Å²) in [4.78, 5) is 14.8. The Balaban J connectivity index is 1.79. The minimum absolute atomic E-state index is 0.109. The molecule has 1 aliphatic heterocycles. The number of piperazine rings is 1. The second kappa shape index (κ2) is 8.48. The highest BCUT2D eigenvalue weighted by Gasteiger charge is 2.28. The third-order valence-corrected chi connectivity index (χ3v) is 6.80. The van der Waals surface area contributed by atoms with Gasteiger partial charge < -0.3 is 15.0 Å². The highest BCUT2D eigenvalue weighted by molar-refractivity contribution is 7.89. The van der Waals surface area contributed by atoms with Crippen molar-refractivity contribution in [1.29, 1.82) is 0 Å². The van der Waals surface area contributed by atoms with Crippen molar-refractivity contribution in [3.8, 4) is 5.75 Å². The van der Waals surface area contributed by atoms with E-state index in [-0.39, 0.29) is 10.5 Å². The number of carbonyl (C=O) groups excluding carboxylic acids is 1. The van der Waals surface area contributed by atoms with Gasteiger partial charge in [-0.1, -0.05) is 17.7 Å². The Kier molecular flexibility index (Phi) is 6.24. The van der Waals surface area contributed by atoms with E-state index >= 15 is 0 Å². The normalized spacial score (nSPS) is 16.0. The van der Waals surface area contributed by atoms with Crippen molar-refractivity contribution in [3.05, 3.63) is 53.1 Å². The molecule has 0 radical (unpaired) electrons. The molecule has 3 rings (SSSR count). The van der Waals surface area contributed by atoms with Crippen molar-refractivity contribution < 1.29 is 17.9 Å². The summed E-state index contributed by atoms with van der Waals surface area (Å²) in [7, 11) is -0.177. The van der Waals surface area contributed by atoms with Gasteiger partial charge in [0.15, 0.2) is 0 Å². The average molecular weight is 424 g/mol. The largest absolute Gasteiger partial charge is 0.495 e. The van der Waals surface area contributed by atoms with E-state index in [0.29, 0.717) is 42.6 Å². The number of anilines is 1. The van der Waals surface area contributed by atoms with Crippen LogP contribution in [-0.4, -0.2) is 63.9 Å². The van der Waals surface area contributed by atoms with Crippen LogP contribution in [0.1, 0.15) is 10.4 Å². The number of benzene rings is 2. The standard InChI is InChI=1S/C19H22ClN3O4S/c1-22-8-10-23(11-9-22)28(25,26)16-5-3-4-14(12-16)19(24)21-15-6-7-18(27-2)17(20)13-15/h3-7,12-13H,8-11H2,1-2H3,(H,21,24). The number of carbonyl (C=O) groups is 1. The SMILES string of the molecule is COc1ccc(NC(=O)c2cccc(S(=O)(=O)N3CCN(C)CC3)c2)cc1Cl. The molecule has 1 aliphatic rings. The summed E-state index contributed by atoms with van der Waals surface area (Å²) >= 11 is 6.08. The van der Waals surface area contributed by atoms with E-state index in [1.807, 2.05) is 7.05 Å². The Hall–Kier alpha value is -2.13. The predicted molar refractivity (Wildman–Crippen MR) is 109 cm³/mol. The fourth-order valence-corrected chi connectivity index (χ4v) is 4.65. The molecule has 28 heavy (non-hydrogen) atoms. The maximum absolute atomic E-state index is 12.9. The molecule has 150 valence electrons. The second-order valence-electron chi connectivity index (χ2n) is 6.54. The zero-order chi connectivity index (χ0) is 20.3. The monoisotopic (exact) mass is 423 g/mol. The summed E-state index contributed by atoms with van der Waals surface area (Å²) in [5, 5.41) is 3.09. The zero-order valence-corrected chi connectivity index (χ0v) is 17.3. The molecule has 0 saturated carbocycles. The van der Waals surface area contributed by atoms with Gasteiger partial charge in [0.25, 0.3) is 5.91 Å². The number of nitrogens with zero attached hydrogens (tertiary/aromatic N) is 2. The van der Waals surface area contributed by atoms with Gasteiger partial charge in [0.2, 0.25) is 10.0 Å². The van der Waals surface area contributed by atoms with Crippen LogP contribution in [0.3, 0.4) is 0 Å². The van der Waals surface area contributed by atoms with E-state index in [4.69, 9.17) is 16.3 Å². The molecule has 2 aromatic carbocycles. The first kappa shape index (κ1) is 20.6. The highest BCUT2D eigenvalue weighted by Crippen LogP contribution is 2.27. The van der Waals surface area contributed by atoms with E-state index in [1.165, 1.54) is 23.5 Å². The smallest absolute Gasteiger partial charge is 0.255 e. The summed E-state index contributed by atoms with van der Waals surface area (Å²) in [6, 6.07) is 10.9. The summed E-state index contributed by atoms with van der Waals surface area (Å²) < 4.78 is 32.3. The van der Waals surface area contributed by atoms with E-state index in [0.717, 1.165) is 0 Å². The maximum Gasteiger partial charge on any atom is 0.255 e. The number of hydrogen-bond acceptors (Lipinski definition) is 5. The van der Waals surface area contributed by atoms with Crippen molar-refractivity contribution in [1.82, 2.24) is 9.21 Å². The number of rotatable bonds is 5. The molecule has 1 heterocycles. The average Bonchev–Trinajstić information content (AvgIpc) is 2.68. The van der Waals surface area contributed by atoms with E-state index < -0.39 is 15.9 Å². The van der Waals surface area contributed by atoms with Crippen LogP contribution < -0.4 is 10.1 Å². The van der Waals surface area contributed by atoms with Crippen LogP contribution >= 0.6 is 11.6 Å². The fourth-order valence-electron chi connectivity index (χ4n) is 2.92. The van der Waals surface area contributed by atoms with Crippen molar-refractivity contribution in [2.75, 3.05) is 45.7 Å². The minimum atomic E-state index is -3.64. The zero-order valence-electron chi connectivity index (χ0n) is 15.7. The van der Waals surface area contributed by atoms with Crippen molar-refractivity contribution in [3.63, 3.8) is 0 Å². The predicted octanol–water partition coefficient (Wildman–Crippen LogP) is 2.54. The van der Waals surface area contributed by atoms with Gasteiger partial charge in [-0.2, -0.15) is 4.31 Å². The quantitative estimate of drug-likeness (QED) is 0.799. The van der Waals surface area contributed by atoms with Crippen LogP contribution in [0.4, 0.5) is 5.69 Å². The lowest BCUT2D eigenvalue weighted by molar-refractivity contribution is 0.102. The van der Waals surface area contributed by atoms with Gasteiger partial charge in [-0.05, 0) is 43.4 Å². The van der Waals surface area contributed by atoms with Crippen molar-refractivity contribution in [2.24, 2.45) is 0 Å². The lowest BCUT2D eigenvalue weighted by atomic mass is 10.2. The first-order valence-corrected chi connectivity index (χ1v) is 10.6. The minimum Gasteiger partial charge on any atom is -0.495 e. The highest BCUT2D eigenvalue weighted by atomic mass is 35.5. The Morgan fingerprint density at radius 1 is 1.11 bits per heavy atom. The van der Waals surface area contributed by atoms with Crippen LogP contribution in [0.2, 0.25) is 5.02 Å². The molecule has 0 bridgehead atoms. The molecular weight excluding hydrogens is 402 g/mol. The van der Waals surface area contributed by atoms with Gasteiger partial charge in [0, 0.05) is 37.4 Å². The number of sulfonamides is 1. The molecular formula is C19H22ClN3O4S. The number of likely N-dealkylation sites (N-methyl/N-ethyl adjacent to an activating group) is 1. The van der Waals surface area contributed by atoms with Gasteiger partial charge in [-0.3, -0.25) is 4.79 Å². The lowest BCUT2D eigenvalue weighted by Gasteiger charge is -2.31. The van der Waals surface area contributed by atoms with E-state index in [2.05, 4.69) is 10.2 Å². The summed E-state index contributed by atoms with van der Waals surface area (Å²) in [5.74, 6) is 0.0802. The fraction of sp³-hybridized carbons (Fsp3) is 0.316. The second-order valence-corrected chi connectivity index (χ2v) is 8.88. The summed E-state index contributed by atoms with van der Waals surface area (Å²) in [6.45, 7) is 2.22. The number of hydrogen-bond donors (Lipinski definition) is 1. The Labute approximate surface area is 169 Å². The van der Waals surface area contributed by atoms with Gasteiger partial charge in [-0.15, -0.1) is 0 Å². The first-order valence-electron chi connectivity index (χ1n) is 8.75. The first-order chi connectivity index (χ1) is 13.3. The Morgan fingerprint density at radius 2 is 1.82 bits per heavy atom. The Bertz CT molecular complexity index is 973. The third kappa shape index (κ3) is 4.47. The Morgan fingerprint density at radius 3 is 2.46 bits per heavy atom. The van der Waals surface area contributed by atoms with E-state index in [1.54, 1.807) is 30.3 Å². The molecule has 0 aliphatic carbocycles. The molecule has 0 aromatic heterocycles. The molecule has 0 atom stereocenters. The van der Waals surface area contributed by atoms with Crippen LogP contribution in [0.15, 0.2) is 47.4 Å². The van der Waals surface area contributed by atoms with E-state index in [9.17, 15) is 13.2 Å². The topological polar surface area (TPSA) is 78.9 Å². The molecule has 1 amide bonds. The summed E-state index contributed by atoms with van der Waals surface area (Å²) in [6.07, 6.45) is 0.